The van der Waals surface area contributed by atoms with Gasteiger partial charge in [0.2, 0.25) is 0 Å². The molecular weight excluding hydrogens is 228 g/mol. The van der Waals surface area contributed by atoms with E-state index in [-0.39, 0.29) is 0 Å². The summed E-state index contributed by atoms with van der Waals surface area (Å²) in [6.45, 7) is 3.78. The molecule has 5 heteroatoms. The molecular formula is C13H20N4O. The number of hydrogen-bond acceptors (Lipinski definition) is 5. The maximum Gasteiger partial charge on any atom is 0.132 e. The fourth-order valence-corrected chi connectivity index (χ4v) is 2.64. The molecule has 2 aliphatic rings. The van der Waals surface area contributed by atoms with Crippen LogP contribution in [0.25, 0.3) is 0 Å². The maximum absolute atomic E-state index is 5.63. The minimum atomic E-state index is 0.347. The third-order valence-electron chi connectivity index (χ3n) is 3.65. The molecule has 0 aromatic carbocycles. The van der Waals surface area contributed by atoms with Gasteiger partial charge in [-0.3, -0.25) is 0 Å². The van der Waals surface area contributed by atoms with Crippen molar-refractivity contribution in [3.63, 3.8) is 0 Å². The van der Waals surface area contributed by atoms with Gasteiger partial charge in [0, 0.05) is 31.7 Å². The van der Waals surface area contributed by atoms with E-state index in [4.69, 9.17) is 4.74 Å². The highest BCUT2D eigenvalue weighted by molar-refractivity contribution is 5.46. The van der Waals surface area contributed by atoms with E-state index in [0.717, 1.165) is 51.3 Å². The summed E-state index contributed by atoms with van der Waals surface area (Å²) >= 11 is 0. The van der Waals surface area contributed by atoms with Gasteiger partial charge in [-0.15, -0.1) is 0 Å². The summed E-state index contributed by atoms with van der Waals surface area (Å²) in [7, 11) is 0. The topological polar surface area (TPSA) is 59.1 Å². The van der Waals surface area contributed by atoms with Gasteiger partial charge in [0.1, 0.15) is 12.1 Å². The van der Waals surface area contributed by atoms with Crippen LogP contribution in [0.3, 0.4) is 0 Å². The molecule has 0 amide bonds. The van der Waals surface area contributed by atoms with Crippen molar-refractivity contribution in [1.82, 2.24) is 15.3 Å². The molecule has 5 nitrogen and oxygen atoms in total. The van der Waals surface area contributed by atoms with Crippen LogP contribution in [-0.4, -0.2) is 42.3 Å². The van der Waals surface area contributed by atoms with E-state index in [2.05, 4.69) is 20.6 Å². The Bertz CT molecular complexity index is 404. The van der Waals surface area contributed by atoms with Crippen LogP contribution in [0.15, 0.2) is 6.33 Å². The molecule has 2 aliphatic heterocycles. The molecule has 98 valence electrons. The molecule has 3 heterocycles. The van der Waals surface area contributed by atoms with Crippen LogP contribution in [0.4, 0.5) is 5.82 Å². The SMILES string of the molecule is c1nc2c(c(NCC3CCCO3)n1)CCNCC2. The van der Waals surface area contributed by atoms with Crippen molar-refractivity contribution in [2.24, 2.45) is 0 Å². The Kier molecular flexibility index (Phi) is 3.71. The first-order valence-electron chi connectivity index (χ1n) is 6.82. The lowest BCUT2D eigenvalue weighted by atomic mass is 10.1. The predicted molar refractivity (Wildman–Crippen MR) is 69.8 cm³/mol. The molecule has 1 aromatic rings. The molecule has 18 heavy (non-hydrogen) atoms. The first-order chi connectivity index (χ1) is 8.93. The lowest BCUT2D eigenvalue weighted by Gasteiger charge is -2.15. The van der Waals surface area contributed by atoms with Crippen LogP contribution < -0.4 is 10.6 Å². The van der Waals surface area contributed by atoms with Crippen LogP contribution in [0.2, 0.25) is 0 Å². The monoisotopic (exact) mass is 248 g/mol. The Balaban J connectivity index is 1.70. The average molecular weight is 248 g/mol. The number of nitrogens with one attached hydrogen (secondary N) is 2. The van der Waals surface area contributed by atoms with E-state index >= 15 is 0 Å². The second kappa shape index (κ2) is 5.63. The molecule has 0 aliphatic carbocycles. The Morgan fingerprint density at radius 3 is 3.17 bits per heavy atom. The molecule has 1 atom stereocenters. The molecule has 1 unspecified atom stereocenters. The maximum atomic E-state index is 5.63. The normalized spacial score (nSPS) is 23.4. The summed E-state index contributed by atoms with van der Waals surface area (Å²) < 4.78 is 5.63. The van der Waals surface area contributed by atoms with Crippen molar-refractivity contribution >= 4 is 5.82 Å². The quantitative estimate of drug-likeness (QED) is 0.827. The molecule has 3 rings (SSSR count). The summed E-state index contributed by atoms with van der Waals surface area (Å²) in [6, 6.07) is 0. The van der Waals surface area contributed by atoms with Crippen molar-refractivity contribution in [2.45, 2.75) is 31.8 Å². The summed E-state index contributed by atoms with van der Waals surface area (Å²) in [4.78, 5) is 8.79. The Morgan fingerprint density at radius 2 is 2.28 bits per heavy atom. The molecule has 0 saturated carbocycles. The van der Waals surface area contributed by atoms with Gasteiger partial charge in [-0.2, -0.15) is 0 Å². The second-order valence-corrected chi connectivity index (χ2v) is 4.91. The van der Waals surface area contributed by atoms with E-state index in [1.807, 2.05) is 0 Å². The van der Waals surface area contributed by atoms with Crippen molar-refractivity contribution in [3.05, 3.63) is 17.6 Å². The van der Waals surface area contributed by atoms with Gasteiger partial charge in [-0.1, -0.05) is 0 Å². The molecule has 0 radical (unpaired) electrons. The van der Waals surface area contributed by atoms with Crippen LogP contribution in [0.1, 0.15) is 24.1 Å². The average Bonchev–Trinajstić information content (AvgIpc) is 2.79. The zero-order valence-corrected chi connectivity index (χ0v) is 10.6. The molecule has 1 fully saturated rings. The van der Waals surface area contributed by atoms with Gasteiger partial charge in [0.25, 0.3) is 0 Å². The van der Waals surface area contributed by atoms with E-state index in [0.29, 0.717) is 6.10 Å². The third-order valence-corrected chi connectivity index (χ3v) is 3.65. The Labute approximate surface area is 107 Å². The van der Waals surface area contributed by atoms with Crippen LogP contribution >= 0.6 is 0 Å². The molecule has 1 aromatic heterocycles. The smallest absolute Gasteiger partial charge is 0.132 e. The molecule has 1 saturated heterocycles. The number of rotatable bonds is 3. The zero-order valence-electron chi connectivity index (χ0n) is 10.6. The summed E-state index contributed by atoms with van der Waals surface area (Å²) in [5.74, 6) is 0.999. The predicted octanol–water partition coefficient (Wildman–Crippen LogP) is 0.756. The summed E-state index contributed by atoms with van der Waals surface area (Å²) in [5, 5.41) is 6.84. The van der Waals surface area contributed by atoms with Crippen molar-refractivity contribution in [2.75, 3.05) is 31.6 Å². The van der Waals surface area contributed by atoms with Crippen molar-refractivity contribution < 1.29 is 4.74 Å². The van der Waals surface area contributed by atoms with E-state index in [1.165, 1.54) is 17.7 Å². The van der Waals surface area contributed by atoms with Gasteiger partial charge >= 0.3 is 0 Å². The van der Waals surface area contributed by atoms with E-state index < -0.39 is 0 Å². The fraction of sp³-hybridized carbons (Fsp3) is 0.692. The molecule has 2 N–H and O–H groups in total. The highest BCUT2D eigenvalue weighted by Crippen LogP contribution is 2.19. The number of fused-ring (bicyclic) bond motifs is 1. The summed E-state index contributed by atoms with van der Waals surface area (Å²) in [5.41, 5.74) is 2.46. The van der Waals surface area contributed by atoms with Gasteiger partial charge in [-0.25, -0.2) is 9.97 Å². The van der Waals surface area contributed by atoms with Crippen LogP contribution in [0.5, 0.6) is 0 Å². The fourth-order valence-electron chi connectivity index (χ4n) is 2.64. The Hall–Kier alpha value is -1.20. The first kappa shape index (κ1) is 11.9. The van der Waals surface area contributed by atoms with E-state index in [1.54, 1.807) is 6.33 Å². The van der Waals surface area contributed by atoms with E-state index in [9.17, 15) is 0 Å². The lowest BCUT2D eigenvalue weighted by molar-refractivity contribution is 0.120. The minimum absolute atomic E-state index is 0.347. The first-order valence-corrected chi connectivity index (χ1v) is 6.82. The minimum Gasteiger partial charge on any atom is -0.376 e. The number of ether oxygens (including phenoxy) is 1. The van der Waals surface area contributed by atoms with Crippen molar-refractivity contribution in [1.29, 1.82) is 0 Å². The number of nitrogens with zero attached hydrogens (tertiary/aromatic N) is 2. The van der Waals surface area contributed by atoms with Crippen LogP contribution in [-0.2, 0) is 17.6 Å². The standard InChI is InChI=1S/C13H20N4O/c1-2-10(18-7-1)8-15-13-11-3-5-14-6-4-12(11)16-9-17-13/h9-10,14H,1-8H2,(H,15,16,17). The number of aromatic nitrogens is 2. The van der Waals surface area contributed by atoms with Crippen molar-refractivity contribution in [3.8, 4) is 0 Å². The number of hydrogen-bond donors (Lipinski definition) is 2. The van der Waals surface area contributed by atoms with Gasteiger partial charge < -0.3 is 15.4 Å². The van der Waals surface area contributed by atoms with Crippen LogP contribution in [0, 0.1) is 0 Å². The number of anilines is 1. The second-order valence-electron chi connectivity index (χ2n) is 4.91. The third kappa shape index (κ3) is 2.62. The summed E-state index contributed by atoms with van der Waals surface area (Å²) in [6.07, 6.45) is 6.35. The zero-order chi connectivity index (χ0) is 12.2. The highest BCUT2D eigenvalue weighted by atomic mass is 16.5. The van der Waals surface area contributed by atoms with Gasteiger partial charge in [-0.05, 0) is 25.8 Å². The lowest BCUT2D eigenvalue weighted by Crippen LogP contribution is -2.20. The largest absolute Gasteiger partial charge is 0.376 e. The molecule has 0 spiro atoms. The van der Waals surface area contributed by atoms with Gasteiger partial charge in [0.05, 0.1) is 11.8 Å². The van der Waals surface area contributed by atoms with Gasteiger partial charge in [0.15, 0.2) is 0 Å². The highest BCUT2D eigenvalue weighted by Gasteiger charge is 2.18. The molecule has 0 bridgehead atoms. The Morgan fingerprint density at radius 1 is 1.33 bits per heavy atom.